The molecule has 20 heavy (non-hydrogen) atoms. The summed E-state index contributed by atoms with van der Waals surface area (Å²) in [6.45, 7) is 0.911. The Morgan fingerprint density at radius 2 is 1.85 bits per heavy atom. The summed E-state index contributed by atoms with van der Waals surface area (Å²) in [5.74, 6) is 0.866. The second-order valence-electron chi connectivity index (χ2n) is 4.96. The molecule has 3 nitrogen and oxygen atoms in total. The first-order valence-electron chi connectivity index (χ1n) is 6.64. The van der Waals surface area contributed by atoms with Crippen LogP contribution in [-0.4, -0.2) is 16.7 Å². The number of hydrogen-bond acceptors (Lipinski definition) is 2. The van der Waals surface area contributed by atoms with Crippen LogP contribution in [-0.2, 0) is 6.54 Å². The van der Waals surface area contributed by atoms with Gasteiger partial charge in [0.05, 0.1) is 24.8 Å². The van der Waals surface area contributed by atoms with Crippen molar-refractivity contribution in [3.63, 3.8) is 0 Å². The van der Waals surface area contributed by atoms with E-state index in [2.05, 4.69) is 45.9 Å². The smallest absolute Gasteiger partial charge is 0.118 e. The predicted octanol–water partition coefficient (Wildman–Crippen LogP) is 3.59. The van der Waals surface area contributed by atoms with Crippen LogP contribution in [0.4, 0.5) is 0 Å². The van der Waals surface area contributed by atoms with Crippen molar-refractivity contribution in [1.82, 2.24) is 9.55 Å². The maximum absolute atomic E-state index is 5.21. The Balaban J connectivity index is 1.86. The Labute approximate surface area is 117 Å². The molecule has 0 amide bonds. The number of rotatable bonds is 2. The number of methoxy groups -OCH3 is 1. The van der Waals surface area contributed by atoms with Crippen LogP contribution in [0, 0.1) is 0 Å². The van der Waals surface area contributed by atoms with Crippen LogP contribution in [0.5, 0.6) is 5.75 Å². The lowest BCUT2D eigenvalue weighted by Crippen LogP contribution is -1.89. The Morgan fingerprint density at radius 1 is 1.05 bits per heavy atom. The van der Waals surface area contributed by atoms with E-state index in [9.17, 15) is 0 Å². The van der Waals surface area contributed by atoms with Crippen LogP contribution < -0.4 is 4.74 Å². The molecule has 0 N–H and O–H groups in total. The highest BCUT2D eigenvalue weighted by Gasteiger charge is 2.22. The lowest BCUT2D eigenvalue weighted by Gasteiger charge is -2.04. The Morgan fingerprint density at radius 3 is 2.65 bits per heavy atom. The normalized spacial score (nSPS) is 12.1. The molecule has 0 bridgehead atoms. The van der Waals surface area contributed by atoms with Gasteiger partial charge < -0.3 is 9.30 Å². The van der Waals surface area contributed by atoms with Gasteiger partial charge in [-0.15, -0.1) is 0 Å². The van der Waals surface area contributed by atoms with Gasteiger partial charge in [-0.1, -0.05) is 24.3 Å². The fourth-order valence-electron chi connectivity index (χ4n) is 2.82. The van der Waals surface area contributed by atoms with Crippen molar-refractivity contribution in [2.45, 2.75) is 6.54 Å². The second kappa shape index (κ2) is 4.23. The molecule has 0 saturated carbocycles. The molecule has 0 aliphatic carbocycles. The number of imidazole rings is 1. The fraction of sp³-hybridized carbons (Fsp3) is 0.118. The third kappa shape index (κ3) is 1.56. The number of benzene rings is 2. The molecule has 0 radical (unpaired) electrons. The zero-order chi connectivity index (χ0) is 13.5. The van der Waals surface area contributed by atoms with Gasteiger partial charge in [0.2, 0.25) is 0 Å². The molecule has 1 aliphatic rings. The number of aromatic nitrogens is 2. The van der Waals surface area contributed by atoms with Crippen LogP contribution >= 0.6 is 0 Å². The van der Waals surface area contributed by atoms with Crippen LogP contribution in [0.2, 0.25) is 0 Å². The minimum atomic E-state index is 0.866. The van der Waals surface area contributed by atoms with E-state index in [4.69, 9.17) is 4.74 Å². The highest BCUT2D eigenvalue weighted by atomic mass is 16.5. The summed E-state index contributed by atoms with van der Waals surface area (Å²) in [6.07, 6.45) is 1.93. The molecule has 0 spiro atoms. The average Bonchev–Trinajstić information content (AvgIpc) is 3.06. The first-order chi connectivity index (χ1) is 9.86. The topological polar surface area (TPSA) is 27.1 Å². The lowest BCUT2D eigenvalue weighted by atomic mass is 10.0. The third-order valence-electron chi connectivity index (χ3n) is 3.81. The van der Waals surface area contributed by atoms with Crippen LogP contribution in [0.25, 0.3) is 22.5 Å². The summed E-state index contributed by atoms with van der Waals surface area (Å²) in [5.41, 5.74) is 6.02. The van der Waals surface area contributed by atoms with Crippen LogP contribution in [0.15, 0.2) is 54.9 Å². The van der Waals surface area contributed by atoms with Gasteiger partial charge in [0.15, 0.2) is 0 Å². The molecule has 1 aromatic heterocycles. The molecular weight excluding hydrogens is 248 g/mol. The standard InChI is InChI=1S/C17H14N2O/c1-20-14-8-6-12(7-9-14)16-17-15-5-3-2-4-13(15)10-19(17)11-18-16/h2-9,11H,10H2,1H3. The van der Waals surface area contributed by atoms with Crippen molar-refractivity contribution in [3.05, 3.63) is 60.4 Å². The first-order valence-corrected chi connectivity index (χ1v) is 6.64. The molecule has 4 rings (SSSR count). The van der Waals surface area contributed by atoms with E-state index in [0.717, 1.165) is 23.6 Å². The van der Waals surface area contributed by atoms with E-state index < -0.39 is 0 Å². The fourth-order valence-corrected chi connectivity index (χ4v) is 2.82. The molecule has 3 aromatic rings. The van der Waals surface area contributed by atoms with Gasteiger partial charge in [0, 0.05) is 17.7 Å². The van der Waals surface area contributed by atoms with E-state index in [0.29, 0.717) is 0 Å². The first kappa shape index (κ1) is 11.3. The highest BCUT2D eigenvalue weighted by molar-refractivity contribution is 5.82. The number of nitrogens with zero attached hydrogens (tertiary/aromatic N) is 2. The summed E-state index contributed by atoms with van der Waals surface area (Å²) in [5, 5.41) is 0. The summed E-state index contributed by atoms with van der Waals surface area (Å²) in [4.78, 5) is 4.58. The largest absolute Gasteiger partial charge is 0.497 e. The minimum absolute atomic E-state index is 0.866. The minimum Gasteiger partial charge on any atom is -0.497 e. The van der Waals surface area contributed by atoms with Crippen molar-refractivity contribution in [3.8, 4) is 28.3 Å². The third-order valence-corrected chi connectivity index (χ3v) is 3.81. The summed E-state index contributed by atoms with van der Waals surface area (Å²) >= 11 is 0. The zero-order valence-corrected chi connectivity index (χ0v) is 11.2. The Kier molecular flexibility index (Phi) is 2.39. The van der Waals surface area contributed by atoms with Gasteiger partial charge >= 0.3 is 0 Å². The maximum Gasteiger partial charge on any atom is 0.118 e. The monoisotopic (exact) mass is 262 g/mol. The number of ether oxygens (including phenoxy) is 1. The van der Waals surface area contributed by atoms with Gasteiger partial charge in [0.1, 0.15) is 5.75 Å². The molecule has 1 aliphatic heterocycles. The predicted molar refractivity (Wildman–Crippen MR) is 78.8 cm³/mol. The van der Waals surface area contributed by atoms with Gasteiger partial charge in [-0.3, -0.25) is 0 Å². The molecule has 98 valence electrons. The number of hydrogen-bond donors (Lipinski definition) is 0. The summed E-state index contributed by atoms with van der Waals surface area (Å²) < 4.78 is 7.42. The quantitative estimate of drug-likeness (QED) is 0.552. The van der Waals surface area contributed by atoms with E-state index in [-0.39, 0.29) is 0 Å². The van der Waals surface area contributed by atoms with Crippen molar-refractivity contribution < 1.29 is 4.74 Å². The molecule has 3 heteroatoms. The van der Waals surface area contributed by atoms with Gasteiger partial charge in [-0.2, -0.15) is 0 Å². The molecule has 2 heterocycles. The van der Waals surface area contributed by atoms with E-state index >= 15 is 0 Å². The van der Waals surface area contributed by atoms with Crippen LogP contribution in [0.1, 0.15) is 5.56 Å². The van der Waals surface area contributed by atoms with Crippen molar-refractivity contribution in [1.29, 1.82) is 0 Å². The second-order valence-corrected chi connectivity index (χ2v) is 4.96. The summed E-state index contributed by atoms with van der Waals surface area (Å²) in [7, 11) is 1.68. The Hall–Kier alpha value is -2.55. The van der Waals surface area contributed by atoms with Crippen molar-refractivity contribution in [2.24, 2.45) is 0 Å². The SMILES string of the molecule is COc1ccc(-c2ncn3c2-c2ccccc2C3)cc1. The Bertz CT molecular complexity index is 772. The average molecular weight is 262 g/mol. The van der Waals surface area contributed by atoms with Crippen LogP contribution in [0.3, 0.4) is 0 Å². The summed E-state index contributed by atoms with van der Waals surface area (Å²) in [6, 6.07) is 16.6. The van der Waals surface area contributed by atoms with Gasteiger partial charge in [-0.25, -0.2) is 4.98 Å². The zero-order valence-electron chi connectivity index (χ0n) is 11.2. The van der Waals surface area contributed by atoms with Gasteiger partial charge in [-0.05, 0) is 29.8 Å². The molecule has 0 fully saturated rings. The van der Waals surface area contributed by atoms with Crippen molar-refractivity contribution >= 4 is 0 Å². The van der Waals surface area contributed by atoms with E-state index in [1.165, 1.54) is 16.8 Å². The molecule has 0 unspecified atom stereocenters. The molecule has 0 saturated heterocycles. The lowest BCUT2D eigenvalue weighted by molar-refractivity contribution is 0.415. The van der Waals surface area contributed by atoms with Crippen molar-refractivity contribution in [2.75, 3.05) is 7.11 Å². The molecule has 2 aromatic carbocycles. The molecular formula is C17H14N2O. The van der Waals surface area contributed by atoms with E-state index in [1.807, 2.05) is 18.5 Å². The number of fused-ring (bicyclic) bond motifs is 3. The maximum atomic E-state index is 5.21. The highest BCUT2D eigenvalue weighted by Crippen LogP contribution is 2.38. The van der Waals surface area contributed by atoms with E-state index in [1.54, 1.807) is 7.11 Å². The molecule has 0 atom stereocenters. The van der Waals surface area contributed by atoms with Gasteiger partial charge in [0.25, 0.3) is 0 Å².